The highest BCUT2D eigenvalue weighted by molar-refractivity contribution is 5.87. The van der Waals surface area contributed by atoms with Crippen molar-refractivity contribution in [3.05, 3.63) is 12.7 Å². The lowest BCUT2D eigenvalue weighted by atomic mass is 9.80. The normalized spacial score (nSPS) is 19.0. The second-order valence-corrected chi connectivity index (χ2v) is 5.74. The Labute approximate surface area is 93.3 Å². The van der Waals surface area contributed by atoms with E-state index in [9.17, 15) is 4.79 Å². The summed E-state index contributed by atoms with van der Waals surface area (Å²) in [5.74, 6) is 0.878. The Kier molecular flexibility index (Phi) is 3.95. The van der Waals surface area contributed by atoms with Gasteiger partial charge in [0.2, 0.25) is 5.91 Å². The van der Waals surface area contributed by atoms with Crippen molar-refractivity contribution in [1.29, 1.82) is 0 Å². The van der Waals surface area contributed by atoms with Crippen LogP contribution in [0.15, 0.2) is 12.7 Å². The van der Waals surface area contributed by atoms with Crippen LogP contribution in [0.3, 0.4) is 0 Å². The third-order valence-electron chi connectivity index (χ3n) is 3.00. The summed E-state index contributed by atoms with van der Waals surface area (Å²) in [5, 5.41) is 0. The lowest BCUT2D eigenvalue weighted by Gasteiger charge is -2.34. The van der Waals surface area contributed by atoms with Crippen molar-refractivity contribution in [1.82, 2.24) is 4.90 Å². The van der Waals surface area contributed by atoms with Gasteiger partial charge in [0.25, 0.3) is 0 Å². The number of hydrogen-bond donors (Lipinski definition) is 0. The van der Waals surface area contributed by atoms with Gasteiger partial charge in [-0.05, 0) is 36.7 Å². The van der Waals surface area contributed by atoms with Gasteiger partial charge in [0.1, 0.15) is 0 Å². The van der Waals surface area contributed by atoms with Crippen LogP contribution in [0.1, 0.15) is 40.0 Å². The average molecular weight is 209 g/mol. The van der Waals surface area contributed by atoms with Crippen molar-refractivity contribution in [2.75, 3.05) is 13.1 Å². The van der Waals surface area contributed by atoms with Crippen molar-refractivity contribution >= 4 is 5.91 Å². The lowest BCUT2D eigenvalue weighted by molar-refractivity contribution is -0.127. The largest absolute Gasteiger partial charge is 0.339 e. The summed E-state index contributed by atoms with van der Waals surface area (Å²) < 4.78 is 0. The van der Waals surface area contributed by atoms with E-state index in [4.69, 9.17) is 0 Å². The first-order valence-electron chi connectivity index (χ1n) is 5.84. The highest BCUT2D eigenvalue weighted by atomic mass is 16.2. The van der Waals surface area contributed by atoms with Gasteiger partial charge in [0.05, 0.1) is 0 Å². The van der Waals surface area contributed by atoms with Crippen molar-refractivity contribution in [2.45, 2.75) is 40.0 Å². The van der Waals surface area contributed by atoms with Crippen LogP contribution in [0.2, 0.25) is 0 Å². The molecule has 1 aliphatic rings. The first-order chi connectivity index (χ1) is 6.92. The molecular formula is C13H23NO. The first kappa shape index (κ1) is 12.3. The Balaban J connectivity index is 2.36. The predicted molar refractivity (Wildman–Crippen MR) is 63.6 cm³/mol. The van der Waals surface area contributed by atoms with Gasteiger partial charge >= 0.3 is 0 Å². The quantitative estimate of drug-likeness (QED) is 0.640. The zero-order valence-electron chi connectivity index (χ0n) is 10.3. The summed E-state index contributed by atoms with van der Waals surface area (Å²) in [5.41, 5.74) is 0.412. The fourth-order valence-electron chi connectivity index (χ4n) is 2.35. The molecule has 0 aromatic carbocycles. The Morgan fingerprint density at radius 2 is 1.93 bits per heavy atom. The molecule has 0 aromatic rings. The monoisotopic (exact) mass is 209 g/mol. The third-order valence-corrected chi connectivity index (χ3v) is 3.00. The summed E-state index contributed by atoms with van der Waals surface area (Å²) in [7, 11) is 0. The molecule has 0 bridgehead atoms. The number of carbonyl (C=O) groups excluding carboxylic acids is 1. The van der Waals surface area contributed by atoms with Gasteiger partial charge in [0, 0.05) is 13.1 Å². The summed E-state index contributed by atoms with van der Waals surface area (Å²) in [4.78, 5) is 13.3. The Hall–Kier alpha value is -0.790. The van der Waals surface area contributed by atoms with Crippen molar-refractivity contribution in [3.63, 3.8) is 0 Å². The van der Waals surface area contributed by atoms with E-state index in [-0.39, 0.29) is 5.91 Å². The van der Waals surface area contributed by atoms with E-state index < -0.39 is 0 Å². The van der Waals surface area contributed by atoms with Crippen LogP contribution < -0.4 is 0 Å². The lowest BCUT2D eigenvalue weighted by Crippen LogP contribution is -2.38. The summed E-state index contributed by atoms with van der Waals surface area (Å²) >= 11 is 0. The van der Waals surface area contributed by atoms with Crippen LogP contribution >= 0.6 is 0 Å². The molecule has 1 saturated heterocycles. The topological polar surface area (TPSA) is 20.3 Å². The van der Waals surface area contributed by atoms with Crippen LogP contribution in [0.25, 0.3) is 0 Å². The number of rotatable bonds is 2. The van der Waals surface area contributed by atoms with E-state index >= 15 is 0 Å². The molecule has 0 unspecified atom stereocenters. The second kappa shape index (κ2) is 4.82. The molecule has 0 aromatic heterocycles. The molecule has 1 heterocycles. The number of likely N-dealkylation sites (tertiary alicyclic amines) is 1. The predicted octanol–water partition coefficient (Wildman–Crippen LogP) is 2.85. The molecule has 1 aliphatic heterocycles. The minimum atomic E-state index is 0.0872. The van der Waals surface area contributed by atoms with Crippen LogP contribution in [-0.2, 0) is 4.79 Å². The van der Waals surface area contributed by atoms with Crippen molar-refractivity contribution < 1.29 is 4.79 Å². The molecule has 0 aliphatic carbocycles. The van der Waals surface area contributed by atoms with Gasteiger partial charge in [-0.3, -0.25) is 4.79 Å². The fraction of sp³-hybridized carbons (Fsp3) is 0.769. The van der Waals surface area contributed by atoms with Gasteiger partial charge in [0.15, 0.2) is 0 Å². The van der Waals surface area contributed by atoms with E-state index in [1.54, 1.807) is 0 Å². The summed E-state index contributed by atoms with van der Waals surface area (Å²) in [6, 6.07) is 0. The average Bonchev–Trinajstić information content (AvgIpc) is 2.15. The molecule has 0 atom stereocenters. The molecular weight excluding hydrogens is 186 g/mol. The van der Waals surface area contributed by atoms with Crippen LogP contribution in [-0.4, -0.2) is 23.9 Å². The minimum Gasteiger partial charge on any atom is -0.339 e. The maximum atomic E-state index is 11.4. The van der Waals surface area contributed by atoms with E-state index in [0.29, 0.717) is 5.41 Å². The van der Waals surface area contributed by atoms with Crippen molar-refractivity contribution in [3.8, 4) is 0 Å². The Morgan fingerprint density at radius 3 is 2.33 bits per heavy atom. The molecule has 2 nitrogen and oxygen atoms in total. The molecule has 15 heavy (non-hydrogen) atoms. The Morgan fingerprint density at radius 1 is 1.40 bits per heavy atom. The van der Waals surface area contributed by atoms with Crippen LogP contribution in [0.4, 0.5) is 0 Å². The highest BCUT2D eigenvalue weighted by Crippen LogP contribution is 2.30. The molecule has 86 valence electrons. The van der Waals surface area contributed by atoms with E-state index in [1.165, 1.54) is 12.5 Å². The summed E-state index contributed by atoms with van der Waals surface area (Å²) in [6.45, 7) is 12.2. The summed E-state index contributed by atoms with van der Waals surface area (Å²) in [6.07, 6.45) is 4.99. The molecule has 0 saturated carbocycles. The number of piperidine rings is 1. The Bertz CT molecular complexity index is 231. The van der Waals surface area contributed by atoms with Crippen LogP contribution in [0.5, 0.6) is 0 Å². The second-order valence-electron chi connectivity index (χ2n) is 5.74. The van der Waals surface area contributed by atoms with E-state index in [1.807, 2.05) is 4.90 Å². The highest BCUT2D eigenvalue weighted by Gasteiger charge is 2.24. The number of carbonyl (C=O) groups is 1. The van der Waals surface area contributed by atoms with E-state index in [0.717, 1.165) is 31.8 Å². The zero-order valence-corrected chi connectivity index (χ0v) is 10.3. The number of amides is 1. The van der Waals surface area contributed by atoms with Crippen LogP contribution in [0, 0.1) is 11.3 Å². The SMILES string of the molecule is C=CC(=O)N1CCC(CC(C)(C)C)CC1. The molecule has 1 fully saturated rings. The minimum absolute atomic E-state index is 0.0872. The molecule has 0 N–H and O–H groups in total. The van der Waals surface area contributed by atoms with Gasteiger partial charge in [-0.1, -0.05) is 27.4 Å². The van der Waals surface area contributed by atoms with E-state index in [2.05, 4.69) is 27.4 Å². The molecule has 1 amide bonds. The van der Waals surface area contributed by atoms with Gasteiger partial charge in [-0.2, -0.15) is 0 Å². The van der Waals surface area contributed by atoms with Gasteiger partial charge < -0.3 is 4.90 Å². The number of hydrogen-bond acceptors (Lipinski definition) is 1. The van der Waals surface area contributed by atoms with Gasteiger partial charge in [-0.15, -0.1) is 0 Å². The molecule has 1 rings (SSSR count). The molecule has 2 heteroatoms. The maximum Gasteiger partial charge on any atom is 0.245 e. The molecule has 0 spiro atoms. The zero-order chi connectivity index (χ0) is 11.5. The molecule has 0 radical (unpaired) electrons. The fourth-order valence-corrected chi connectivity index (χ4v) is 2.35. The number of nitrogens with zero attached hydrogens (tertiary/aromatic N) is 1. The first-order valence-corrected chi connectivity index (χ1v) is 5.84. The van der Waals surface area contributed by atoms with Gasteiger partial charge in [-0.25, -0.2) is 0 Å². The third kappa shape index (κ3) is 4.06. The smallest absolute Gasteiger partial charge is 0.245 e. The standard InChI is InChI=1S/C13H23NO/c1-5-12(15)14-8-6-11(7-9-14)10-13(2,3)4/h5,11H,1,6-10H2,2-4H3. The van der Waals surface area contributed by atoms with Crippen molar-refractivity contribution in [2.24, 2.45) is 11.3 Å². The maximum absolute atomic E-state index is 11.4.